The summed E-state index contributed by atoms with van der Waals surface area (Å²) in [6.07, 6.45) is 2.56. The monoisotopic (exact) mass is 655 g/mol. The van der Waals surface area contributed by atoms with Gasteiger partial charge >= 0.3 is 18.9 Å². The van der Waals surface area contributed by atoms with Gasteiger partial charge < -0.3 is 10.1 Å². The van der Waals surface area contributed by atoms with Gasteiger partial charge in [-0.25, -0.2) is 4.74 Å². The number of ether oxygens (including phenoxy) is 1. The van der Waals surface area contributed by atoms with Crippen LogP contribution in [0.4, 0.5) is 11.4 Å². The van der Waals surface area contributed by atoms with Crippen molar-refractivity contribution in [2.75, 3.05) is 13.2 Å². The number of benzene rings is 4. The van der Waals surface area contributed by atoms with Crippen molar-refractivity contribution in [3.05, 3.63) is 136 Å². The zero-order valence-electron chi connectivity index (χ0n) is 31.3. The fourth-order valence-electron chi connectivity index (χ4n) is 6.28. The number of hydrogen-bond acceptors (Lipinski definition) is 1. The molecule has 0 amide bonds. The van der Waals surface area contributed by atoms with E-state index in [1.54, 1.807) is 0 Å². The van der Waals surface area contributed by atoms with Crippen molar-refractivity contribution in [3.8, 4) is 0 Å². The molecule has 48 heavy (non-hydrogen) atoms. The Bertz CT molecular complexity index is 1550. The van der Waals surface area contributed by atoms with E-state index < -0.39 is 7.05 Å². The molecule has 0 spiro atoms. The van der Waals surface area contributed by atoms with Crippen LogP contribution in [0, 0.1) is 0 Å². The third kappa shape index (κ3) is 9.89. The zero-order valence-corrected chi connectivity index (χ0v) is 32.1. The van der Waals surface area contributed by atoms with Gasteiger partial charge in [0.25, 0.3) is 0 Å². The average molecular weight is 656 g/mol. The van der Waals surface area contributed by atoms with Gasteiger partial charge in [-0.1, -0.05) is 146 Å². The number of nitrogens with one attached hydrogen (secondary N) is 1. The second-order valence-corrected chi connectivity index (χ2v) is 16.9. The summed E-state index contributed by atoms with van der Waals surface area (Å²) in [7, 11) is -2.33. The minimum Gasteiger partial charge on any atom is -0.661 e. The first kappa shape index (κ1) is 39.6. The van der Waals surface area contributed by atoms with Crippen LogP contribution in [-0.4, -0.2) is 13.2 Å². The van der Waals surface area contributed by atoms with Crippen molar-refractivity contribution < 1.29 is 28.3 Å². The van der Waals surface area contributed by atoms with Gasteiger partial charge in [0.05, 0.1) is 0 Å². The van der Waals surface area contributed by atoms with Crippen LogP contribution < -0.4 is 34.2 Å². The predicted molar refractivity (Wildman–Crippen MR) is 206 cm³/mol. The van der Waals surface area contributed by atoms with Gasteiger partial charge in [0.15, 0.2) is 7.05 Å². The fourth-order valence-corrected chi connectivity index (χ4v) is 9.71. The van der Waals surface area contributed by atoms with Crippen LogP contribution in [0.25, 0.3) is 5.32 Å². The Morgan fingerprint density at radius 3 is 1.35 bits per heavy atom. The number of rotatable bonds is 10. The van der Waals surface area contributed by atoms with Crippen LogP contribution in [0.1, 0.15) is 121 Å². The Balaban J connectivity index is 0.000000952. The molecule has 4 aromatic rings. The maximum absolute atomic E-state index is 5.44. The number of hydrogen-bond donors (Lipinski definition) is 1. The largest absolute Gasteiger partial charge is 1.00 e. The topological polar surface area (TPSA) is 37.3 Å². The van der Waals surface area contributed by atoms with Crippen molar-refractivity contribution >= 4 is 29.0 Å². The third-order valence-electron chi connectivity index (χ3n) is 8.83. The number of allylic oxidation sites excluding steroid dienone is 1. The molecule has 5 heteroatoms. The molecule has 250 valence electrons. The van der Waals surface area contributed by atoms with E-state index in [4.69, 9.17) is 10.1 Å². The maximum atomic E-state index is 5.44. The van der Waals surface area contributed by atoms with Gasteiger partial charge in [-0.2, -0.15) is 5.70 Å². The van der Waals surface area contributed by atoms with Gasteiger partial charge in [-0.05, 0) is 66.6 Å². The zero-order chi connectivity index (χ0) is 34.0. The van der Waals surface area contributed by atoms with E-state index in [1.807, 2.05) is 0 Å². The number of para-hydroxylation sites is 2. The van der Waals surface area contributed by atoms with Crippen LogP contribution in [0.2, 0.25) is 0 Å². The van der Waals surface area contributed by atoms with E-state index in [1.165, 1.54) is 51.4 Å². The molecule has 4 aromatic carbocycles. The average Bonchev–Trinajstić information content (AvgIpc) is 3.65. The van der Waals surface area contributed by atoms with Gasteiger partial charge in [0.1, 0.15) is 0 Å². The Hall–Kier alpha value is -2.79. The summed E-state index contributed by atoms with van der Waals surface area (Å²) < 4.78 is 9.24. The third-order valence-corrected chi connectivity index (χ3v) is 12.4. The smallest absolute Gasteiger partial charge is 0.661 e. The van der Waals surface area contributed by atoms with E-state index >= 15 is 0 Å². The molecule has 0 atom stereocenters. The van der Waals surface area contributed by atoms with Gasteiger partial charge in [0, 0.05) is 34.9 Å². The molecule has 1 fully saturated rings. The van der Waals surface area contributed by atoms with Crippen LogP contribution in [-0.2, 0) is 4.74 Å². The molecule has 5 rings (SSSR count). The normalized spacial score (nSPS) is 13.4. The number of nitrogens with zero attached hydrogens (tertiary/aromatic N) is 1. The molecular formula is C43H57LiN2OP+. The van der Waals surface area contributed by atoms with Crippen LogP contribution in [0.5, 0.6) is 0 Å². The van der Waals surface area contributed by atoms with E-state index in [0.29, 0.717) is 23.7 Å². The standard InChI is InChI=1S/C39H48N2P.C4H8O.Li/c1-27(2)34-22-16-23-35(28(3)4)38(34)40-31(9)26-42(32-18-12-10-13-19-32,33-20-14-11-15-21-33)41-39-36(29(5)6)24-17-25-37(39)30(7)8;1-2-4-5-3-1;/h10-30H,1-9H3;1-4H2;/q-1;;+1/p+1. The van der Waals surface area contributed by atoms with Crippen molar-refractivity contribution in [1.82, 2.24) is 0 Å². The van der Waals surface area contributed by atoms with Gasteiger partial charge in [-0.3, -0.25) is 0 Å². The SMILES string of the molecule is C1CCOC1.CC(=CP(=[NH+]c1c(C(C)C)cccc1C(C)C)(c1ccccc1)c1ccccc1)[N-]c1c(C(C)C)cccc1C(C)C.[Li+]. The molecule has 1 aliphatic heterocycles. The molecule has 1 aliphatic rings. The van der Waals surface area contributed by atoms with E-state index in [-0.39, 0.29) is 18.9 Å². The fraction of sp³-hybridized carbons (Fsp3) is 0.395. The summed E-state index contributed by atoms with van der Waals surface area (Å²) in [5.41, 5.74) is 8.74. The summed E-state index contributed by atoms with van der Waals surface area (Å²) in [6.45, 7) is 22.4. The minimum atomic E-state index is -2.33. The molecule has 1 saturated heterocycles. The summed E-state index contributed by atoms with van der Waals surface area (Å²) in [5, 5.41) is 8.03. The quantitative estimate of drug-likeness (QED) is 0.136. The van der Waals surface area contributed by atoms with Crippen LogP contribution >= 0.6 is 7.05 Å². The summed E-state index contributed by atoms with van der Waals surface area (Å²) in [5.74, 6) is 4.02. The van der Waals surface area contributed by atoms with E-state index in [9.17, 15) is 0 Å². The van der Waals surface area contributed by atoms with Gasteiger partial charge in [0.2, 0.25) is 5.69 Å². The molecule has 3 nitrogen and oxygen atoms in total. The molecular weight excluding hydrogens is 598 g/mol. The van der Waals surface area contributed by atoms with Crippen LogP contribution in [0.15, 0.2) is 109 Å². The molecule has 0 bridgehead atoms. The molecule has 1 N–H and O–H groups in total. The van der Waals surface area contributed by atoms with E-state index in [0.717, 1.165) is 24.6 Å². The second kappa shape index (κ2) is 18.8. The molecule has 0 radical (unpaired) electrons. The molecule has 0 saturated carbocycles. The van der Waals surface area contributed by atoms with Gasteiger partial charge in [-0.15, -0.1) is 5.69 Å². The Morgan fingerprint density at radius 2 is 1.00 bits per heavy atom. The molecule has 1 heterocycles. The Kier molecular flexibility index (Phi) is 15.6. The van der Waals surface area contributed by atoms with E-state index in [2.05, 4.69) is 170 Å². The molecule has 0 aromatic heterocycles. The molecule has 0 unspecified atom stereocenters. The summed E-state index contributed by atoms with van der Waals surface area (Å²) in [4.78, 5) is 0. The molecule has 0 aliphatic carbocycles. The Labute approximate surface area is 304 Å². The summed E-state index contributed by atoms with van der Waals surface area (Å²) in [6, 6.07) is 35.5. The minimum absolute atomic E-state index is 0. The Morgan fingerprint density at radius 1 is 0.604 bits per heavy atom. The summed E-state index contributed by atoms with van der Waals surface area (Å²) >= 11 is 0. The van der Waals surface area contributed by atoms with Crippen LogP contribution in [0.3, 0.4) is 0 Å². The first-order valence-electron chi connectivity index (χ1n) is 17.6. The first-order valence-corrected chi connectivity index (χ1v) is 19.4. The van der Waals surface area contributed by atoms with Crippen molar-refractivity contribution in [1.29, 1.82) is 0 Å². The maximum Gasteiger partial charge on any atom is 1.00 e. The van der Waals surface area contributed by atoms with Crippen molar-refractivity contribution in [2.45, 2.75) is 98.8 Å². The first-order chi connectivity index (χ1) is 22.5. The van der Waals surface area contributed by atoms with Crippen molar-refractivity contribution in [2.24, 2.45) is 0 Å². The predicted octanol–water partition coefficient (Wildman–Crippen LogP) is 8.11. The van der Waals surface area contributed by atoms with Crippen molar-refractivity contribution in [3.63, 3.8) is 0 Å². The second-order valence-electron chi connectivity index (χ2n) is 13.9.